The van der Waals surface area contributed by atoms with Crippen LogP contribution in [0.2, 0.25) is 0 Å². The van der Waals surface area contributed by atoms with E-state index in [-0.39, 0.29) is 11.4 Å². The number of nitriles is 1. The van der Waals surface area contributed by atoms with Gasteiger partial charge in [0.15, 0.2) is 0 Å². The summed E-state index contributed by atoms with van der Waals surface area (Å²) in [6.45, 7) is 1.44. The van der Waals surface area contributed by atoms with Gasteiger partial charge in [-0.3, -0.25) is 0 Å². The maximum absolute atomic E-state index is 12.4. The first kappa shape index (κ1) is 9.54. The minimum atomic E-state index is -4.93. The summed E-state index contributed by atoms with van der Waals surface area (Å²) in [4.78, 5) is 6.52. The molecular weight excluding hydrogens is 197 g/mol. The minimum Gasteiger partial charge on any atom is -0.221 e. The van der Waals surface area contributed by atoms with Crippen LogP contribution in [-0.2, 0) is 10.2 Å². The third-order valence-corrected chi connectivity index (χ3v) is 1.79. The third-order valence-electron chi connectivity index (χ3n) is 1.17. The van der Waals surface area contributed by atoms with Crippen molar-refractivity contribution in [1.29, 1.82) is 5.26 Å². The van der Waals surface area contributed by atoms with Gasteiger partial charge in [-0.25, -0.2) is 9.97 Å². The summed E-state index contributed by atoms with van der Waals surface area (Å²) in [5, 5.41) is 7.43. The zero-order chi connectivity index (χ0) is 10.1. The van der Waals surface area contributed by atoms with Crippen molar-refractivity contribution >= 4 is 10.2 Å². The van der Waals surface area contributed by atoms with Crippen molar-refractivity contribution in [2.75, 3.05) is 0 Å². The van der Waals surface area contributed by atoms with Gasteiger partial charge in [0.25, 0.3) is 5.16 Å². The van der Waals surface area contributed by atoms with Gasteiger partial charge in [0.2, 0.25) is 0 Å². The molecule has 0 bridgehead atoms. The maximum Gasteiger partial charge on any atom is 0.368 e. The van der Waals surface area contributed by atoms with Crippen LogP contribution >= 0.6 is 0 Å². The molecule has 0 saturated heterocycles. The molecule has 1 rings (SSSR count). The smallest absolute Gasteiger partial charge is 0.221 e. The van der Waals surface area contributed by atoms with E-state index in [1.807, 2.05) is 0 Å². The second-order valence-corrected chi connectivity index (χ2v) is 3.47. The van der Waals surface area contributed by atoms with Crippen LogP contribution in [0.3, 0.4) is 0 Å². The lowest BCUT2D eigenvalue weighted by molar-refractivity contribution is 0.541. The maximum atomic E-state index is 12.4. The van der Waals surface area contributed by atoms with Crippen molar-refractivity contribution in [3.8, 4) is 6.07 Å². The van der Waals surface area contributed by atoms with Crippen LogP contribution in [0.5, 0.6) is 0 Å². The number of nitrogens with zero attached hydrogens (tertiary/aromatic N) is 3. The second kappa shape index (κ2) is 3.06. The average molecular weight is 201 g/mol. The monoisotopic (exact) mass is 201 g/mol. The van der Waals surface area contributed by atoms with E-state index in [9.17, 15) is 12.3 Å². The number of hydrogen-bond donors (Lipinski definition) is 0. The van der Waals surface area contributed by atoms with Crippen LogP contribution in [0.4, 0.5) is 3.89 Å². The summed E-state index contributed by atoms with van der Waals surface area (Å²) in [5.41, 5.74) is 0.0477. The van der Waals surface area contributed by atoms with Gasteiger partial charge in [-0.15, -0.1) is 0 Å². The fraction of sp³-hybridized carbons (Fsp3) is 0.167. The van der Waals surface area contributed by atoms with Gasteiger partial charge in [0, 0.05) is 5.69 Å². The summed E-state index contributed by atoms with van der Waals surface area (Å²) in [6, 6.07) is 2.86. The molecule has 68 valence electrons. The Labute approximate surface area is 74.1 Å². The first-order valence-electron chi connectivity index (χ1n) is 3.14. The summed E-state index contributed by atoms with van der Waals surface area (Å²) < 4.78 is 33.1. The molecule has 13 heavy (non-hydrogen) atoms. The first-order chi connectivity index (χ1) is 5.93. The summed E-state index contributed by atoms with van der Waals surface area (Å²) in [7, 11) is -4.93. The number of rotatable bonds is 1. The quantitative estimate of drug-likeness (QED) is 0.482. The molecule has 0 aliphatic heterocycles. The molecule has 1 heterocycles. The van der Waals surface area contributed by atoms with Gasteiger partial charge in [-0.2, -0.15) is 13.7 Å². The summed E-state index contributed by atoms with van der Waals surface area (Å²) >= 11 is 0. The van der Waals surface area contributed by atoms with E-state index in [2.05, 4.69) is 9.97 Å². The van der Waals surface area contributed by atoms with E-state index in [0.717, 1.165) is 0 Å². The van der Waals surface area contributed by atoms with Gasteiger partial charge < -0.3 is 0 Å². The normalized spacial score (nSPS) is 10.8. The Morgan fingerprint density at radius 1 is 1.54 bits per heavy atom. The van der Waals surface area contributed by atoms with Crippen molar-refractivity contribution < 1.29 is 12.3 Å². The summed E-state index contributed by atoms with van der Waals surface area (Å²) in [6.07, 6.45) is 0. The zero-order valence-electron chi connectivity index (χ0n) is 6.52. The lowest BCUT2D eigenvalue weighted by Crippen LogP contribution is -2.03. The Bertz CT molecular complexity index is 477. The molecule has 0 radical (unpaired) electrons. The molecule has 0 aromatic carbocycles. The molecule has 1 aromatic rings. The first-order valence-corrected chi connectivity index (χ1v) is 4.52. The molecule has 0 atom stereocenters. The highest BCUT2D eigenvalue weighted by Gasteiger charge is 2.17. The van der Waals surface area contributed by atoms with Crippen LogP contribution in [0.15, 0.2) is 11.2 Å². The Morgan fingerprint density at radius 2 is 2.15 bits per heavy atom. The fourth-order valence-electron chi connectivity index (χ4n) is 0.708. The van der Waals surface area contributed by atoms with E-state index in [0.29, 0.717) is 0 Å². The fourth-order valence-corrected chi connectivity index (χ4v) is 1.17. The van der Waals surface area contributed by atoms with E-state index in [1.165, 1.54) is 13.0 Å². The topological polar surface area (TPSA) is 83.7 Å². The van der Waals surface area contributed by atoms with Crippen molar-refractivity contribution in [1.82, 2.24) is 9.97 Å². The predicted octanol–water partition coefficient (Wildman–Crippen LogP) is 0.315. The molecular formula is C6H4FN3O2S. The highest BCUT2D eigenvalue weighted by Crippen LogP contribution is 2.07. The van der Waals surface area contributed by atoms with Gasteiger partial charge in [0.1, 0.15) is 11.8 Å². The van der Waals surface area contributed by atoms with E-state index in [1.54, 1.807) is 6.07 Å². The lowest BCUT2D eigenvalue weighted by atomic mass is 10.4. The van der Waals surface area contributed by atoms with E-state index in [4.69, 9.17) is 5.26 Å². The molecule has 7 heteroatoms. The molecule has 0 N–H and O–H groups in total. The van der Waals surface area contributed by atoms with E-state index >= 15 is 0 Å². The predicted molar refractivity (Wildman–Crippen MR) is 39.8 cm³/mol. The van der Waals surface area contributed by atoms with Gasteiger partial charge in [-0.1, -0.05) is 3.89 Å². The average Bonchev–Trinajstić information content (AvgIpc) is 2.01. The number of hydrogen-bond acceptors (Lipinski definition) is 5. The molecule has 0 unspecified atom stereocenters. The van der Waals surface area contributed by atoms with Crippen molar-refractivity contribution in [2.45, 2.75) is 12.1 Å². The third kappa shape index (κ3) is 2.19. The van der Waals surface area contributed by atoms with Crippen molar-refractivity contribution in [2.24, 2.45) is 0 Å². The van der Waals surface area contributed by atoms with Crippen LogP contribution < -0.4 is 0 Å². The molecule has 0 aliphatic carbocycles. The minimum absolute atomic E-state index is 0.177. The zero-order valence-corrected chi connectivity index (χ0v) is 7.34. The Kier molecular flexibility index (Phi) is 2.25. The Hall–Kier alpha value is -1.55. The number of aromatic nitrogens is 2. The van der Waals surface area contributed by atoms with Gasteiger partial charge in [-0.05, 0) is 13.0 Å². The van der Waals surface area contributed by atoms with Crippen LogP contribution in [-0.4, -0.2) is 18.4 Å². The van der Waals surface area contributed by atoms with E-state index < -0.39 is 15.4 Å². The Balaban J connectivity index is 3.44. The largest absolute Gasteiger partial charge is 0.368 e. The summed E-state index contributed by atoms with van der Waals surface area (Å²) in [5.74, 6) is 0. The molecule has 0 saturated carbocycles. The molecule has 1 aromatic heterocycles. The number of aryl methyl sites for hydroxylation is 1. The van der Waals surface area contributed by atoms with Crippen molar-refractivity contribution in [3.63, 3.8) is 0 Å². The SMILES string of the molecule is Cc1cc(C#N)nc(S(=O)(=O)F)n1. The molecule has 5 nitrogen and oxygen atoms in total. The molecule has 0 spiro atoms. The van der Waals surface area contributed by atoms with Gasteiger partial charge in [0.05, 0.1) is 0 Å². The van der Waals surface area contributed by atoms with Crippen LogP contribution in [0.1, 0.15) is 11.4 Å². The highest BCUT2D eigenvalue weighted by molar-refractivity contribution is 7.86. The Morgan fingerprint density at radius 3 is 2.62 bits per heavy atom. The van der Waals surface area contributed by atoms with Crippen LogP contribution in [0, 0.1) is 18.3 Å². The number of halogens is 1. The standard InChI is InChI=1S/C6H4FN3O2S/c1-4-2-5(3-8)10-6(9-4)13(7,11)12/h2H,1H3. The van der Waals surface area contributed by atoms with Gasteiger partial charge >= 0.3 is 10.2 Å². The highest BCUT2D eigenvalue weighted by atomic mass is 32.3. The second-order valence-electron chi connectivity index (χ2n) is 2.23. The van der Waals surface area contributed by atoms with Crippen LogP contribution in [0.25, 0.3) is 0 Å². The lowest BCUT2D eigenvalue weighted by Gasteiger charge is -1.95. The van der Waals surface area contributed by atoms with Crippen molar-refractivity contribution in [3.05, 3.63) is 17.5 Å². The molecule has 0 fully saturated rings. The molecule has 0 aliphatic rings. The molecule has 0 amide bonds.